The van der Waals surface area contributed by atoms with Crippen molar-refractivity contribution in [3.63, 3.8) is 0 Å². The first-order chi connectivity index (χ1) is 6.31. The SMILES string of the molecule is NCCc1nccc2sc(Cl)cc12. The molecule has 0 radical (unpaired) electrons. The van der Waals surface area contributed by atoms with Crippen molar-refractivity contribution in [2.45, 2.75) is 6.42 Å². The zero-order valence-electron chi connectivity index (χ0n) is 6.96. The molecule has 2 heterocycles. The van der Waals surface area contributed by atoms with Crippen LogP contribution in [0.1, 0.15) is 5.69 Å². The van der Waals surface area contributed by atoms with Gasteiger partial charge in [-0.05, 0) is 18.7 Å². The van der Waals surface area contributed by atoms with Crippen molar-refractivity contribution in [2.75, 3.05) is 6.54 Å². The smallest absolute Gasteiger partial charge is 0.0941 e. The standard InChI is InChI=1S/C9H9ClN2S/c10-9-5-6-7(1-3-11)12-4-2-8(6)13-9/h2,4-5H,1,3,11H2. The molecule has 0 unspecified atom stereocenters. The highest BCUT2D eigenvalue weighted by molar-refractivity contribution is 7.22. The fourth-order valence-electron chi connectivity index (χ4n) is 1.32. The minimum absolute atomic E-state index is 0.625. The lowest BCUT2D eigenvalue weighted by Gasteiger charge is -1.98. The summed E-state index contributed by atoms with van der Waals surface area (Å²) in [4.78, 5) is 4.28. The Morgan fingerprint density at radius 1 is 1.54 bits per heavy atom. The summed E-state index contributed by atoms with van der Waals surface area (Å²) < 4.78 is 1.99. The van der Waals surface area contributed by atoms with Crippen LogP contribution in [-0.2, 0) is 6.42 Å². The number of hydrogen-bond acceptors (Lipinski definition) is 3. The Labute approximate surface area is 85.3 Å². The van der Waals surface area contributed by atoms with Crippen LogP contribution in [0.4, 0.5) is 0 Å². The monoisotopic (exact) mass is 212 g/mol. The third-order valence-corrected chi connectivity index (χ3v) is 3.11. The van der Waals surface area contributed by atoms with Gasteiger partial charge in [0.1, 0.15) is 0 Å². The van der Waals surface area contributed by atoms with Gasteiger partial charge in [-0.1, -0.05) is 11.6 Å². The summed E-state index contributed by atoms with van der Waals surface area (Å²) in [5.74, 6) is 0. The molecule has 0 aliphatic rings. The van der Waals surface area contributed by atoms with Crippen LogP contribution in [0, 0.1) is 0 Å². The van der Waals surface area contributed by atoms with E-state index in [1.165, 1.54) is 4.70 Å². The number of nitrogens with zero attached hydrogens (tertiary/aromatic N) is 1. The van der Waals surface area contributed by atoms with Crippen molar-refractivity contribution in [1.29, 1.82) is 0 Å². The molecule has 2 nitrogen and oxygen atoms in total. The van der Waals surface area contributed by atoms with Crippen LogP contribution in [-0.4, -0.2) is 11.5 Å². The second-order valence-corrected chi connectivity index (χ2v) is 4.47. The van der Waals surface area contributed by atoms with Gasteiger partial charge in [0, 0.05) is 22.7 Å². The molecule has 0 fully saturated rings. The van der Waals surface area contributed by atoms with Crippen molar-refractivity contribution >= 4 is 33.0 Å². The third kappa shape index (κ3) is 1.68. The maximum Gasteiger partial charge on any atom is 0.0941 e. The fourth-order valence-corrected chi connectivity index (χ4v) is 2.48. The van der Waals surface area contributed by atoms with E-state index in [1.807, 2.05) is 12.1 Å². The quantitative estimate of drug-likeness (QED) is 0.831. The number of aromatic nitrogens is 1. The molecule has 0 spiro atoms. The fraction of sp³-hybridized carbons (Fsp3) is 0.222. The summed E-state index contributed by atoms with van der Waals surface area (Å²) in [6, 6.07) is 3.94. The van der Waals surface area contributed by atoms with Crippen LogP contribution >= 0.6 is 22.9 Å². The van der Waals surface area contributed by atoms with Crippen molar-refractivity contribution in [1.82, 2.24) is 4.98 Å². The van der Waals surface area contributed by atoms with Crippen molar-refractivity contribution in [3.05, 3.63) is 28.4 Å². The van der Waals surface area contributed by atoms with Crippen LogP contribution in [0.5, 0.6) is 0 Å². The molecule has 2 aromatic rings. The van der Waals surface area contributed by atoms with Gasteiger partial charge in [-0.3, -0.25) is 4.98 Å². The van der Waals surface area contributed by atoms with E-state index < -0.39 is 0 Å². The maximum atomic E-state index is 5.91. The Morgan fingerprint density at radius 2 is 2.38 bits per heavy atom. The van der Waals surface area contributed by atoms with E-state index in [2.05, 4.69) is 4.98 Å². The van der Waals surface area contributed by atoms with Gasteiger partial charge in [0.05, 0.1) is 10.0 Å². The van der Waals surface area contributed by atoms with Gasteiger partial charge in [0.15, 0.2) is 0 Å². The van der Waals surface area contributed by atoms with Gasteiger partial charge in [0.2, 0.25) is 0 Å². The summed E-state index contributed by atoms with van der Waals surface area (Å²) in [6.45, 7) is 0.625. The van der Waals surface area contributed by atoms with Gasteiger partial charge in [0.25, 0.3) is 0 Å². The van der Waals surface area contributed by atoms with Gasteiger partial charge < -0.3 is 5.73 Å². The Bertz CT molecular complexity index is 424. The van der Waals surface area contributed by atoms with Gasteiger partial charge in [-0.15, -0.1) is 11.3 Å². The highest BCUT2D eigenvalue weighted by Gasteiger charge is 2.04. The van der Waals surface area contributed by atoms with E-state index in [-0.39, 0.29) is 0 Å². The zero-order valence-corrected chi connectivity index (χ0v) is 8.53. The summed E-state index contributed by atoms with van der Waals surface area (Å²) >= 11 is 7.49. The number of pyridine rings is 1. The lowest BCUT2D eigenvalue weighted by atomic mass is 10.2. The topological polar surface area (TPSA) is 38.9 Å². The highest BCUT2D eigenvalue weighted by Crippen LogP contribution is 2.30. The molecular weight excluding hydrogens is 204 g/mol. The van der Waals surface area contributed by atoms with E-state index >= 15 is 0 Å². The molecule has 2 N–H and O–H groups in total. The summed E-state index contributed by atoms with van der Waals surface area (Å²) in [7, 11) is 0. The molecule has 0 aliphatic carbocycles. The van der Waals surface area contributed by atoms with Crippen molar-refractivity contribution < 1.29 is 0 Å². The summed E-state index contributed by atoms with van der Waals surface area (Å²) in [5, 5.41) is 1.14. The molecule has 13 heavy (non-hydrogen) atoms. The summed E-state index contributed by atoms with van der Waals surface area (Å²) in [5.41, 5.74) is 6.53. The van der Waals surface area contributed by atoms with E-state index in [0.29, 0.717) is 6.54 Å². The van der Waals surface area contributed by atoms with Crippen LogP contribution in [0.3, 0.4) is 0 Å². The molecule has 0 aliphatic heterocycles. The molecular formula is C9H9ClN2S. The van der Waals surface area contributed by atoms with Crippen molar-refractivity contribution in [2.24, 2.45) is 5.73 Å². The number of fused-ring (bicyclic) bond motifs is 1. The average molecular weight is 213 g/mol. The molecule has 0 aromatic carbocycles. The molecule has 4 heteroatoms. The van der Waals surface area contributed by atoms with Crippen molar-refractivity contribution in [3.8, 4) is 0 Å². The second-order valence-electron chi connectivity index (χ2n) is 2.76. The predicted octanol–water partition coefficient (Wildman–Crippen LogP) is 2.45. The number of thiophene rings is 1. The first-order valence-corrected chi connectivity index (χ1v) is 5.23. The minimum atomic E-state index is 0.625. The predicted molar refractivity (Wildman–Crippen MR) is 57.4 cm³/mol. The molecule has 0 saturated carbocycles. The Kier molecular flexibility index (Phi) is 2.49. The van der Waals surface area contributed by atoms with E-state index in [0.717, 1.165) is 21.8 Å². The lowest BCUT2D eigenvalue weighted by Crippen LogP contribution is -2.04. The van der Waals surface area contributed by atoms with Gasteiger partial charge in [-0.25, -0.2) is 0 Å². The van der Waals surface area contributed by atoms with Crippen LogP contribution in [0.15, 0.2) is 18.3 Å². The second kappa shape index (κ2) is 3.62. The molecule has 0 saturated heterocycles. The van der Waals surface area contributed by atoms with Crippen LogP contribution < -0.4 is 5.73 Å². The molecule has 2 aromatic heterocycles. The number of halogens is 1. The highest BCUT2D eigenvalue weighted by atomic mass is 35.5. The third-order valence-electron chi connectivity index (χ3n) is 1.88. The molecule has 2 rings (SSSR count). The van der Waals surface area contributed by atoms with E-state index in [4.69, 9.17) is 17.3 Å². The Balaban J connectivity index is 2.60. The summed E-state index contributed by atoms with van der Waals surface area (Å²) in [6.07, 6.45) is 2.62. The number of nitrogens with two attached hydrogens (primary N) is 1. The van der Waals surface area contributed by atoms with E-state index in [1.54, 1.807) is 17.5 Å². The largest absolute Gasteiger partial charge is 0.330 e. The lowest BCUT2D eigenvalue weighted by molar-refractivity contribution is 0.936. The van der Waals surface area contributed by atoms with Crippen LogP contribution in [0.25, 0.3) is 10.1 Å². The first kappa shape index (κ1) is 8.94. The first-order valence-electron chi connectivity index (χ1n) is 4.04. The van der Waals surface area contributed by atoms with Gasteiger partial charge in [-0.2, -0.15) is 0 Å². The molecule has 0 amide bonds. The molecule has 0 atom stereocenters. The minimum Gasteiger partial charge on any atom is -0.330 e. The van der Waals surface area contributed by atoms with Crippen LogP contribution in [0.2, 0.25) is 4.34 Å². The van der Waals surface area contributed by atoms with E-state index in [9.17, 15) is 0 Å². The maximum absolute atomic E-state index is 5.91. The zero-order chi connectivity index (χ0) is 9.26. The molecule has 68 valence electrons. The Morgan fingerprint density at radius 3 is 3.15 bits per heavy atom. The number of rotatable bonds is 2. The van der Waals surface area contributed by atoms with Gasteiger partial charge >= 0.3 is 0 Å². The molecule has 0 bridgehead atoms. The Hall–Kier alpha value is -0.640. The normalized spacial score (nSPS) is 10.9. The average Bonchev–Trinajstić information content (AvgIpc) is 2.47. The number of hydrogen-bond donors (Lipinski definition) is 1.